The second-order valence-corrected chi connectivity index (χ2v) is 4.22. The van der Waals surface area contributed by atoms with Crippen LogP contribution in [-0.4, -0.2) is 23.1 Å². The van der Waals surface area contributed by atoms with E-state index in [9.17, 15) is 14.0 Å². The first-order valence-electron chi connectivity index (χ1n) is 6.24. The van der Waals surface area contributed by atoms with Crippen LogP contribution in [0.3, 0.4) is 0 Å². The summed E-state index contributed by atoms with van der Waals surface area (Å²) in [5.74, 6) is -2.60. The van der Waals surface area contributed by atoms with Gasteiger partial charge in [-0.1, -0.05) is 12.1 Å². The van der Waals surface area contributed by atoms with E-state index in [4.69, 9.17) is 5.11 Å². The van der Waals surface area contributed by atoms with E-state index in [0.717, 1.165) is 6.07 Å². The van der Waals surface area contributed by atoms with Gasteiger partial charge < -0.3 is 10.4 Å². The number of carbonyl (C=O) groups excluding carboxylic acids is 2. The smallest absolute Gasteiger partial charge is 0.329 e. The summed E-state index contributed by atoms with van der Waals surface area (Å²) < 4.78 is 13.3. The van der Waals surface area contributed by atoms with Gasteiger partial charge in [0.1, 0.15) is 11.6 Å². The number of amides is 2. The maximum atomic E-state index is 13.3. The van der Waals surface area contributed by atoms with Crippen LogP contribution in [-0.2, 0) is 9.59 Å². The first-order chi connectivity index (χ1) is 10.6. The Morgan fingerprint density at radius 1 is 1.05 bits per heavy atom. The van der Waals surface area contributed by atoms with Crippen LogP contribution in [0.25, 0.3) is 0 Å². The summed E-state index contributed by atoms with van der Waals surface area (Å²) in [6, 6.07) is 11.5. The van der Waals surface area contributed by atoms with E-state index < -0.39 is 17.6 Å². The quantitative estimate of drug-likeness (QED) is 0.457. The molecule has 0 bridgehead atoms. The number of hydrogen-bond donors (Lipinski definition) is 3. The van der Waals surface area contributed by atoms with E-state index in [-0.39, 0.29) is 11.4 Å². The molecular weight excluding hydrogens is 289 g/mol. The molecule has 3 N–H and O–H groups in total. The molecule has 0 heterocycles. The third-order valence-corrected chi connectivity index (χ3v) is 2.60. The highest BCUT2D eigenvalue weighted by Crippen LogP contribution is 2.11. The van der Waals surface area contributed by atoms with Crippen molar-refractivity contribution >= 4 is 23.7 Å². The Morgan fingerprint density at radius 2 is 1.73 bits per heavy atom. The van der Waals surface area contributed by atoms with Crippen LogP contribution in [0.1, 0.15) is 5.56 Å². The molecule has 0 unspecified atom stereocenters. The molecule has 2 aromatic carbocycles. The summed E-state index contributed by atoms with van der Waals surface area (Å²) >= 11 is 0. The monoisotopic (exact) mass is 301 g/mol. The summed E-state index contributed by atoms with van der Waals surface area (Å²) in [6.07, 6.45) is 1.30. The second kappa shape index (κ2) is 6.98. The minimum atomic E-state index is -1.03. The van der Waals surface area contributed by atoms with Crippen molar-refractivity contribution in [2.45, 2.75) is 0 Å². The fraction of sp³-hybridized carbons (Fsp3) is 0. The summed E-state index contributed by atoms with van der Waals surface area (Å²) in [7, 11) is 0. The molecule has 0 fully saturated rings. The number of phenols is 1. The molecular formula is C15H12FN3O3. The molecule has 2 aromatic rings. The lowest BCUT2D eigenvalue weighted by Crippen LogP contribution is -2.32. The molecule has 112 valence electrons. The minimum absolute atomic E-state index is 0.0924. The van der Waals surface area contributed by atoms with Crippen LogP contribution >= 0.6 is 0 Å². The van der Waals surface area contributed by atoms with E-state index >= 15 is 0 Å². The van der Waals surface area contributed by atoms with Crippen molar-refractivity contribution in [2.24, 2.45) is 5.10 Å². The number of hydrogen-bond acceptors (Lipinski definition) is 4. The highest BCUT2D eigenvalue weighted by molar-refractivity contribution is 6.39. The molecule has 2 rings (SSSR count). The SMILES string of the molecule is O=C(NN=Cc1ccc(O)cc1)C(=O)Nc1ccccc1F. The Morgan fingerprint density at radius 3 is 2.41 bits per heavy atom. The van der Waals surface area contributed by atoms with Crippen molar-refractivity contribution in [2.75, 3.05) is 5.32 Å². The van der Waals surface area contributed by atoms with Gasteiger partial charge in [0.25, 0.3) is 0 Å². The molecule has 6 nitrogen and oxygen atoms in total. The first kappa shape index (κ1) is 15.2. The molecule has 0 radical (unpaired) electrons. The van der Waals surface area contributed by atoms with Crippen molar-refractivity contribution in [3.8, 4) is 5.75 Å². The van der Waals surface area contributed by atoms with Crippen LogP contribution < -0.4 is 10.7 Å². The van der Waals surface area contributed by atoms with Crippen LogP contribution in [0.2, 0.25) is 0 Å². The van der Waals surface area contributed by atoms with Crippen molar-refractivity contribution in [3.05, 3.63) is 59.9 Å². The standard InChI is InChI=1S/C15H12FN3O3/c16-12-3-1-2-4-13(12)18-14(21)15(22)19-17-9-10-5-7-11(20)8-6-10/h1-9,20H,(H,18,21)(H,19,22). The number of para-hydroxylation sites is 1. The summed E-state index contributed by atoms with van der Waals surface area (Å²) in [5, 5.41) is 14.8. The van der Waals surface area contributed by atoms with Crippen LogP contribution in [0.15, 0.2) is 53.6 Å². The number of rotatable bonds is 3. The van der Waals surface area contributed by atoms with Gasteiger partial charge in [-0.25, -0.2) is 9.82 Å². The number of carbonyl (C=O) groups is 2. The fourth-order valence-corrected chi connectivity index (χ4v) is 1.52. The van der Waals surface area contributed by atoms with Gasteiger partial charge in [0, 0.05) is 0 Å². The van der Waals surface area contributed by atoms with Gasteiger partial charge in [0.05, 0.1) is 11.9 Å². The number of nitrogens with zero attached hydrogens (tertiary/aromatic N) is 1. The van der Waals surface area contributed by atoms with Gasteiger partial charge in [0.15, 0.2) is 0 Å². The molecule has 22 heavy (non-hydrogen) atoms. The number of hydrazone groups is 1. The van der Waals surface area contributed by atoms with Gasteiger partial charge in [-0.3, -0.25) is 9.59 Å². The molecule has 0 aliphatic heterocycles. The zero-order chi connectivity index (χ0) is 15.9. The number of anilines is 1. The van der Waals surface area contributed by atoms with E-state index in [1.807, 2.05) is 5.43 Å². The van der Waals surface area contributed by atoms with Crippen molar-refractivity contribution in [1.29, 1.82) is 0 Å². The molecule has 0 aliphatic rings. The number of phenolic OH excluding ortho intramolecular Hbond substituents is 1. The highest BCUT2D eigenvalue weighted by Gasteiger charge is 2.14. The Bertz CT molecular complexity index is 714. The lowest BCUT2D eigenvalue weighted by atomic mass is 10.2. The van der Waals surface area contributed by atoms with E-state index in [1.165, 1.54) is 36.5 Å². The zero-order valence-electron chi connectivity index (χ0n) is 11.3. The number of benzene rings is 2. The largest absolute Gasteiger partial charge is 0.508 e. The molecule has 7 heteroatoms. The van der Waals surface area contributed by atoms with Crippen molar-refractivity contribution in [1.82, 2.24) is 5.43 Å². The predicted molar refractivity (Wildman–Crippen MR) is 78.9 cm³/mol. The topological polar surface area (TPSA) is 90.8 Å². The Hall–Kier alpha value is -3.22. The van der Waals surface area contributed by atoms with E-state index in [2.05, 4.69) is 10.4 Å². The Kier molecular flexibility index (Phi) is 4.81. The molecule has 0 spiro atoms. The zero-order valence-corrected chi connectivity index (χ0v) is 11.3. The number of nitrogens with one attached hydrogen (secondary N) is 2. The predicted octanol–water partition coefficient (Wildman–Crippen LogP) is 1.62. The Balaban J connectivity index is 1.90. The van der Waals surface area contributed by atoms with E-state index in [1.54, 1.807) is 12.1 Å². The van der Waals surface area contributed by atoms with E-state index in [0.29, 0.717) is 5.56 Å². The third-order valence-electron chi connectivity index (χ3n) is 2.60. The lowest BCUT2D eigenvalue weighted by Gasteiger charge is -2.04. The average molecular weight is 301 g/mol. The molecule has 2 amide bonds. The maximum Gasteiger partial charge on any atom is 0.329 e. The van der Waals surface area contributed by atoms with Crippen LogP contribution in [0, 0.1) is 5.82 Å². The molecule has 0 aromatic heterocycles. The highest BCUT2D eigenvalue weighted by atomic mass is 19.1. The van der Waals surface area contributed by atoms with Crippen molar-refractivity contribution < 1.29 is 19.1 Å². The molecule has 0 saturated carbocycles. The number of halogens is 1. The first-order valence-corrected chi connectivity index (χ1v) is 6.24. The fourth-order valence-electron chi connectivity index (χ4n) is 1.52. The Labute approximate surface area is 125 Å². The average Bonchev–Trinajstić information content (AvgIpc) is 2.51. The third kappa shape index (κ3) is 4.14. The van der Waals surface area contributed by atoms with Gasteiger partial charge in [-0.2, -0.15) is 5.10 Å². The molecule has 0 aliphatic carbocycles. The van der Waals surface area contributed by atoms with Crippen LogP contribution in [0.5, 0.6) is 5.75 Å². The summed E-state index contributed by atoms with van der Waals surface area (Å²) in [4.78, 5) is 23.1. The van der Waals surface area contributed by atoms with Gasteiger partial charge in [0.2, 0.25) is 0 Å². The normalized spacial score (nSPS) is 10.4. The second-order valence-electron chi connectivity index (χ2n) is 4.22. The maximum absolute atomic E-state index is 13.3. The van der Waals surface area contributed by atoms with Gasteiger partial charge in [-0.15, -0.1) is 0 Å². The summed E-state index contributed by atoms with van der Waals surface area (Å²) in [5.41, 5.74) is 2.54. The van der Waals surface area contributed by atoms with Gasteiger partial charge >= 0.3 is 11.8 Å². The van der Waals surface area contributed by atoms with Crippen LogP contribution in [0.4, 0.5) is 10.1 Å². The molecule has 0 saturated heterocycles. The molecule has 0 atom stereocenters. The lowest BCUT2D eigenvalue weighted by molar-refractivity contribution is -0.136. The minimum Gasteiger partial charge on any atom is -0.508 e. The van der Waals surface area contributed by atoms with Gasteiger partial charge in [-0.05, 0) is 42.0 Å². The summed E-state index contributed by atoms with van der Waals surface area (Å²) in [6.45, 7) is 0. The number of aromatic hydroxyl groups is 1. The van der Waals surface area contributed by atoms with Crippen molar-refractivity contribution in [3.63, 3.8) is 0 Å².